The zero-order chi connectivity index (χ0) is 19.5. The van der Waals surface area contributed by atoms with E-state index < -0.39 is 6.16 Å². The molecule has 6 heteroatoms. The molecular weight excluding hydrogens is 358 g/mol. The Bertz CT molecular complexity index is 822. The van der Waals surface area contributed by atoms with Gasteiger partial charge in [0, 0.05) is 25.6 Å². The van der Waals surface area contributed by atoms with Crippen LogP contribution < -0.4 is 9.47 Å². The van der Waals surface area contributed by atoms with E-state index in [9.17, 15) is 4.79 Å². The summed E-state index contributed by atoms with van der Waals surface area (Å²) in [6.07, 6.45) is -0.758. The molecule has 2 aliphatic heterocycles. The van der Waals surface area contributed by atoms with Crippen molar-refractivity contribution in [1.82, 2.24) is 4.90 Å². The number of likely N-dealkylation sites (tertiary alicyclic amines) is 1. The fourth-order valence-electron chi connectivity index (χ4n) is 3.94. The molecule has 28 heavy (non-hydrogen) atoms. The van der Waals surface area contributed by atoms with Crippen LogP contribution in [0.15, 0.2) is 48.5 Å². The lowest BCUT2D eigenvalue weighted by molar-refractivity contribution is -0.0108. The molecule has 0 aromatic heterocycles. The third kappa shape index (κ3) is 4.22. The van der Waals surface area contributed by atoms with Gasteiger partial charge in [-0.2, -0.15) is 0 Å². The molecule has 2 aromatic carbocycles. The summed E-state index contributed by atoms with van der Waals surface area (Å²) < 4.78 is 16.8. The van der Waals surface area contributed by atoms with Gasteiger partial charge < -0.3 is 19.3 Å². The van der Waals surface area contributed by atoms with E-state index in [1.165, 1.54) is 5.56 Å². The number of piperidine rings is 1. The summed E-state index contributed by atoms with van der Waals surface area (Å²) in [4.78, 5) is 13.1. The molecule has 3 atom stereocenters. The molecule has 148 valence electrons. The monoisotopic (exact) mass is 383 g/mol. The molecule has 2 aliphatic rings. The number of benzene rings is 2. The summed E-state index contributed by atoms with van der Waals surface area (Å²) in [5.41, 5.74) is 2.32. The average molecular weight is 383 g/mol. The van der Waals surface area contributed by atoms with E-state index in [4.69, 9.17) is 19.3 Å². The predicted octanol–water partition coefficient (Wildman–Crippen LogP) is 4.10. The maximum Gasteiger partial charge on any atom is 0.506 e. The van der Waals surface area contributed by atoms with Crippen molar-refractivity contribution in [3.05, 3.63) is 59.7 Å². The Kier molecular flexibility index (Phi) is 5.39. The highest BCUT2D eigenvalue weighted by Gasteiger charge is 2.29. The van der Waals surface area contributed by atoms with Gasteiger partial charge >= 0.3 is 6.16 Å². The number of fused-ring (bicyclic) bond motifs is 1. The smallest absolute Gasteiger partial charge is 0.485 e. The first-order chi connectivity index (χ1) is 13.6. The normalized spacial score (nSPS) is 24.5. The Morgan fingerprint density at radius 1 is 1.18 bits per heavy atom. The van der Waals surface area contributed by atoms with Crippen molar-refractivity contribution >= 4 is 6.16 Å². The van der Waals surface area contributed by atoms with Gasteiger partial charge in [-0.1, -0.05) is 43.3 Å². The molecule has 0 bridgehead atoms. The molecule has 4 rings (SSSR count). The second-order valence-electron chi connectivity index (χ2n) is 7.53. The number of carbonyl (C=O) groups is 1. The van der Waals surface area contributed by atoms with Gasteiger partial charge in [0.1, 0.15) is 12.7 Å². The molecule has 0 spiro atoms. The number of para-hydroxylation sites is 2. The average Bonchev–Trinajstić information content (AvgIpc) is 2.70. The predicted molar refractivity (Wildman–Crippen MR) is 104 cm³/mol. The third-order valence-electron chi connectivity index (χ3n) is 5.43. The summed E-state index contributed by atoms with van der Waals surface area (Å²) in [6, 6.07) is 16.2. The summed E-state index contributed by atoms with van der Waals surface area (Å²) in [5, 5.41) is 8.82. The summed E-state index contributed by atoms with van der Waals surface area (Å²) in [7, 11) is 0. The first-order valence-corrected chi connectivity index (χ1v) is 9.68. The van der Waals surface area contributed by atoms with Crippen LogP contribution in [-0.4, -0.2) is 42.0 Å². The van der Waals surface area contributed by atoms with E-state index in [0.717, 1.165) is 43.1 Å². The topological polar surface area (TPSA) is 68.2 Å². The molecular formula is C22H25NO5. The largest absolute Gasteiger partial charge is 0.506 e. The molecule has 1 fully saturated rings. The van der Waals surface area contributed by atoms with Crippen molar-refractivity contribution in [1.29, 1.82) is 0 Å². The summed E-state index contributed by atoms with van der Waals surface area (Å²) in [6.45, 7) is 5.05. The van der Waals surface area contributed by atoms with E-state index in [2.05, 4.69) is 29.2 Å². The summed E-state index contributed by atoms with van der Waals surface area (Å²) in [5.74, 6) is 1.76. The maximum absolute atomic E-state index is 10.8. The van der Waals surface area contributed by atoms with Gasteiger partial charge in [0.05, 0.1) is 0 Å². The van der Waals surface area contributed by atoms with Crippen molar-refractivity contribution in [2.75, 3.05) is 19.7 Å². The second kappa shape index (κ2) is 8.10. The minimum atomic E-state index is -1.18. The Balaban J connectivity index is 1.34. The van der Waals surface area contributed by atoms with Crippen LogP contribution in [0.25, 0.3) is 0 Å². The van der Waals surface area contributed by atoms with E-state index in [1.807, 2.05) is 31.2 Å². The molecule has 1 saturated heterocycles. The van der Waals surface area contributed by atoms with Crippen molar-refractivity contribution in [2.45, 2.75) is 32.1 Å². The Hall–Kier alpha value is -2.73. The van der Waals surface area contributed by atoms with Crippen molar-refractivity contribution < 1.29 is 24.1 Å². The van der Waals surface area contributed by atoms with Gasteiger partial charge in [-0.05, 0) is 29.7 Å². The lowest BCUT2D eigenvalue weighted by atomic mass is 9.96. The fourth-order valence-corrected chi connectivity index (χ4v) is 3.94. The van der Waals surface area contributed by atoms with Crippen LogP contribution in [0.2, 0.25) is 0 Å². The quantitative estimate of drug-likeness (QED) is 0.802. The Morgan fingerprint density at radius 2 is 1.93 bits per heavy atom. The van der Waals surface area contributed by atoms with Crippen molar-refractivity contribution in [2.24, 2.45) is 5.92 Å². The fraction of sp³-hybridized carbons (Fsp3) is 0.409. The number of hydrogen-bond donors (Lipinski definition) is 1. The number of hydrogen-bond acceptors (Lipinski definition) is 5. The highest BCUT2D eigenvalue weighted by atomic mass is 16.7. The summed E-state index contributed by atoms with van der Waals surface area (Å²) >= 11 is 0. The minimum absolute atomic E-state index is 0.104. The molecule has 2 heterocycles. The minimum Gasteiger partial charge on any atom is -0.485 e. The molecule has 1 N–H and O–H groups in total. The molecule has 6 nitrogen and oxygen atoms in total. The van der Waals surface area contributed by atoms with Crippen LogP contribution in [0.3, 0.4) is 0 Å². The van der Waals surface area contributed by atoms with Crippen molar-refractivity contribution in [3.8, 4) is 11.5 Å². The van der Waals surface area contributed by atoms with E-state index >= 15 is 0 Å². The van der Waals surface area contributed by atoms with Crippen LogP contribution in [0.4, 0.5) is 4.79 Å². The number of ether oxygens (including phenoxy) is 3. The zero-order valence-corrected chi connectivity index (χ0v) is 15.9. The lowest BCUT2D eigenvalue weighted by Crippen LogP contribution is -2.43. The van der Waals surface area contributed by atoms with Gasteiger partial charge in [-0.3, -0.25) is 4.90 Å². The Labute approximate surface area is 164 Å². The molecule has 2 aromatic rings. The van der Waals surface area contributed by atoms with Gasteiger partial charge in [-0.15, -0.1) is 0 Å². The first kappa shape index (κ1) is 18.6. The SMILES string of the molecule is C[C@@H]1CN(Cc2ccc([C@H]3COc4ccccc4O3)cc2)CC[C@H]1OC(=O)O. The molecule has 0 saturated carbocycles. The van der Waals surface area contributed by atoms with Gasteiger partial charge in [0.15, 0.2) is 17.6 Å². The van der Waals surface area contributed by atoms with Crippen LogP contribution in [0.1, 0.15) is 30.6 Å². The number of nitrogens with zero attached hydrogens (tertiary/aromatic N) is 1. The van der Waals surface area contributed by atoms with E-state index in [0.29, 0.717) is 6.61 Å². The highest BCUT2D eigenvalue weighted by Crippen LogP contribution is 2.35. The van der Waals surface area contributed by atoms with Crippen LogP contribution >= 0.6 is 0 Å². The van der Waals surface area contributed by atoms with Crippen LogP contribution in [-0.2, 0) is 11.3 Å². The Morgan fingerprint density at radius 3 is 2.64 bits per heavy atom. The van der Waals surface area contributed by atoms with Crippen LogP contribution in [0, 0.1) is 5.92 Å². The standard InChI is InChI=1S/C22H25NO5/c1-15-12-23(11-10-18(15)28-22(24)25)13-16-6-8-17(9-7-16)21-14-26-19-4-2-3-5-20(19)27-21/h2-9,15,18,21H,10-14H2,1H3,(H,24,25)/t15-,18-,21-/m1/s1. The molecule has 0 aliphatic carbocycles. The lowest BCUT2D eigenvalue weighted by Gasteiger charge is -2.35. The zero-order valence-electron chi connectivity index (χ0n) is 15.9. The van der Waals surface area contributed by atoms with Crippen molar-refractivity contribution in [3.63, 3.8) is 0 Å². The highest BCUT2D eigenvalue weighted by molar-refractivity contribution is 5.57. The van der Waals surface area contributed by atoms with Crippen LogP contribution in [0.5, 0.6) is 11.5 Å². The van der Waals surface area contributed by atoms with Gasteiger partial charge in [0.2, 0.25) is 0 Å². The van der Waals surface area contributed by atoms with E-state index in [1.54, 1.807) is 0 Å². The molecule has 0 unspecified atom stereocenters. The van der Waals surface area contributed by atoms with E-state index in [-0.39, 0.29) is 18.1 Å². The third-order valence-corrected chi connectivity index (χ3v) is 5.43. The number of rotatable bonds is 4. The second-order valence-corrected chi connectivity index (χ2v) is 7.53. The molecule has 0 amide bonds. The van der Waals surface area contributed by atoms with Gasteiger partial charge in [0.25, 0.3) is 0 Å². The number of carboxylic acid groups (broad SMARTS) is 1. The molecule has 0 radical (unpaired) electrons. The maximum atomic E-state index is 10.8. The first-order valence-electron chi connectivity index (χ1n) is 9.68. The van der Waals surface area contributed by atoms with Gasteiger partial charge in [-0.25, -0.2) is 4.79 Å².